The fourth-order valence-electron chi connectivity index (χ4n) is 4.71. The molecule has 8 nitrogen and oxygen atoms in total. The van der Waals surface area contributed by atoms with E-state index >= 15 is 0 Å². The van der Waals surface area contributed by atoms with Crippen LogP contribution in [-0.4, -0.2) is 53.5 Å². The number of aryl methyl sites for hydroxylation is 1. The zero-order chi connectivity index (χ0) is 27.8. The normalized spacial score (nSPS) is 13.4. The van der Waals surface area contributed by atoms with Gasteiger partial charge in [0.15, 0.2) is 11.6 Å². The van der Waals surface area contributed by atoms with Gasteiger partial charge in [0.1, 0.15) is 5.56 Å². The maximum Gasteiger partial charge on any atom is 0.254 e. The van der Waals surface area contributed by atoms with Gasteiger partial charge in [0.05, 0.1) is 11.6 Å². The summed E-state index contributed by atoms with van der Waals surface area (Å²) in [6.45, 7) is 8.35. The zero-order valence-electron chi connectivity index (χ0n) is 22.3. The maximum absolute atomic E-state index is 14.8. The number of anilines is 1. The highest BCUT2D eigenvalue weighted by molar-refractivity contribution is 5.95. The monoisotopic (exact) mass is 528 g/mol. The topological polar surface area (TPSA) is 111 Å². The number of primary amides is 1. The number of halogens is 1. The number of ether oxygens (including phenoxy) is 1. The molecule has 3 heterocycles. The predicted molar refractivity (Wildman–Crippen MR) is 151 cm³/mol. The first-order chi connectivity index (χ1) is 19.0. The van der Waals surface area contributed by atoms with E-state index in [2.05, 4.69) is 25.8 Å². The Labute approximate surface area is 227 Å². The molecular formula is C30H33FN6O2. The number of piperazine rings is 1. The summed E-state index contributed by atoms with van der Waals surface area (Å²) in [6, 6.07) is 15.8. The van der Waals surface area contributed by atoms with Crippen molar-refractivity contribution < 1.29 is 13.9 Å². The van der Waals surface area contributed by atoms with Crippen molar-refractivity contribution in [2.75, 3.05) is 37.6 Å². The van der Waals surface area contributed by atoms with Crippen LogP contribution in [-0.2, 0) is 6.42 Å². The Morgan fingerprint density at radius 1 is 1.15 bits per heavy atom. The van der Waals surface area contributed by atoms with Gasteiger partial charge in [-0.1, -0.05) is 13.8 Å². The molecule has 0 spiro atoms. The van der Waals surface area contributed by atoms with Gasteiger partial charge in [0.25, 0.3) is 5.91 Å². The first kappa shape index (κ1) is 27.6. The van der Waals surface area contributed by atoms with E-state index in [9.17, 15) is 14.4 Å². The highest BCUT2D eigenvalue weighted by Gasteiger charge is 2.19. The molecule has 1 aliphatic heterocycles. The molecule has 1 saturated heterocycles. The lowest BCUT2D eigenvalue weighted by Crippen LogP contribution is -2.46. The summed E-state index contributed by atoms with van der Waals surface area (Å²) in [5.41, 5.74) is 9.19. The zero-order valence-corrected chi connectivity index (χ0v) is 22.3. The minimum Gasteiger partial charge on any atom is -0.435 e. The van der Waals surface area contributed by atoms with Crippen LogP contribution in [0, 0.1) is 17.1 Å². The van der Waals surface area contributed by atoms with Gasteiger partial charge in [-0.25, -0.2) is 9.37 Å². The average Bonchev–Trinajstić information content (AvgIpc) is 3.37. The first-order valence-electron chi connectivity index (χ1n) is 13.2. The van der Waals surface area contributed by atoms with E-state index in [0.717, 1.165) is 62.2 Å². The van der Waals surface area contributed by atoms with Crippen LogP contribution < -0.4 is 15.4 Å². The molecule has 39 heavy (non-hydrogen) atoms. The van der Waals surface area contributed by atoms with Crippen LogP contribution in [0.15, 0.2) is 60.9 Å². The van der Waals surface area contributed by atoms with E-state index in [0.29, 0.717) is 5.56 Å². The SMILES string of the molecule is CC.N#Cc1ccc2[nH]cc(CCCN3CCN(c4ccc(Oc5ncccc5C(N)=O)c(F)c4)CC3)c2c1. The maximum atomic E-state index is 14.8. The second-order valence-corrected chi connectivity index (χ2v) is 9.06. The molecule has 1 aliphatic rings. The van der Waals surface area contributed by atoms with Gasteiger partial charge in [-0.3, -0.25) is 9.69 Å². The van der Waals surface area contributed by atoms with Crippen LogP contribution in [0.4, 0.5) is 10.1 Å². The van der Waals surface area contributed by atoms with Gasteiger partial charge in [-0.2, -0.15) is 5.26 Å². The van der Waals surface area contributed by atoms with Crippen LogP contribution in [0.1, 0.15) is 41.8 Å². The summed E-state index contributed by atoms with van der Waals surface area (Å²) in [5.74, 6) is -1.25. The van der Waals surface area contributed by atoms with Crippen LogP contribution in [0.25, 0.3) is 10.9 Å². The Kier molecular flexibility index (Phi) is 9.13. The average molecular weight is 529 g/mol. The van der Waals surface area contributed by atoms with Crippen molar-refractivity contribution in [2.24, 2.45) is 5.73 Å². The van der Waals surface area contributed by atoms with Gasteiger partial charge >= 0.3 is 0 Å². The highest BCUT2D eigenvalue weighted by Crippen LogP contribution is 2.29. The van der Waals surface area contributed by atoms with E-state index in [1.165, 1.54) is 23.9 Å². The minimum absolute atomic E-state index is 0.0113. The minimum atomic E-state index is -0.687. The van der Waals surface area contributed by atoms with E-state index in [-0.39, 0.29) is 17.2 Å². The third-order valence-electron chi connectivity index (χ3n) is 6.71. The number of nitriles is 1. The molecule has 2 aromatic heterocycles. The molecule has 1 amide bonds. The number of fused-ring (bicyclic) bond motifs is 1. The number of hydrogen-bond donors (Lipinski definition) is 2. The molecule has 9 heteroatoms. The number of nitrogens with two attached hydrogens (primary N) is 1. The smallest absolute Gasteiger partial charge is 0.254 e. The van der Waals surface area contributed by atoms with E-state index in [4.69, 9.17) is 10.5 Å². The summed E-state index contributed by atoms with van der Waals surface area (Å²) >= 11 is 0. The molecule has 0 radical (unpaired) electrons. The molecule has 0 unspecified atom stereocenters. The van der Waals surface area contributed by atoms with Crippen molar-refractivity contribution in [2.45, 2.75) is 26.7 Å². The Bertz CT molecular complexity index is 1470. The number of amides is 1. The molecule has 0 aliphatic carbocycles. The van der Waals surface area contributed by atoms with Gasteiger partial charge in [0, 0.05) is 61.2 Å². The second kappa shape index (κ2) is 12.9. The van der Waals surface area contributed by atoms with Gasteiger partial charge in [-0.05, 0) is 67.4 Å². The van der Waals surface area contributed by atoms with Gasteiger partial charge < -0.3 is 20.4 Å². The molecule has 0 bridgehead atoms. The molecule has 0 atom stereocenters. The molecule has 1 fully saturated rings. The van der Waals surface area contributed by atoms with Crippen LogP contribution in [0.2, 0.25) is 0 Å². The van der Waals surface area contributed by atoms with Gasteiger partial charge in [-0.15, -0.1) is 0 Å². The lowest BCUT2D eigenvalue weighted by atomic mass is 10.1. The highest BCUT2D eigenvalue weighted by atomic mass is 19.1. The lowest BCUT2D eigenvalue weighted by molar-refractivity contribution is 0.0997. The quantitative estimate of drug-likeness (QED) is 0.323. The standard InChI is InChI=1S/C28H27FN6O2.C2H6/c29-24-16-21(6-8-26(24)37-28-22(27(31)36)4-1-9-32-28)35-13-11-34(12-14-35)10-2-3-20-18-33-25-7-5-19(17-30)15-23(20)25;1-2/h1,4-9,15-16,18,33H,2-3,10-14H2,(H2,31,36);1-2H3. The van der Waals surface area contributed by atoms with E-state index < -0.39 is 11.7 Å². The van der Waals surface area contributed by atoms with Crippen LogP contribution in [0.5, 0.6) is 11.6 Å². The number of pyridine rings is 1. The number of aromatic nitrogens is 2. The fourth-order valence-corrected chi connectivity index (χ4v) is 4.71. The Hall–Kier alpha value is -4.42. The summed E-state index contributed by atoms with van der Waals surface area (Å²) in [5, 5.41) is 10.3. The Morgan fingerprint density at radius 2 is 1.95 bits per heavy atom. The summed E-state index contributed by atoms with van der Waals surface area (Å²) in [6.07, 6.45) is 5.45. The number of rotatable bonds is 8. The van der Waals surface area contributed by atoms with Gasteiger partial charge in [0.2, 0.25) is 5.88 Å². The molecule has 0 saturated carbocycles. The molecule has 5 rings (SSSR count). The molecular weight excluding hydrogens is 495 g/mol. The summed E-state index contributed by atoms with van der Waals surface area (Å²) < 4.78 is 20.4. The van der Waals surface area contributed by atoms with Crippen molar-refractivity contribution in [1.29, 1.82) is 5.26 Å². The second-order valence-electron chi connectivity index (χ2n) is 9.06. The number of H-pyrrole nitrogens is 1. The number of carbonyl (C=O) groups is 1. The number of carbonyl (C=O) groups excluding carboxylic acids is 1. The predicted octanol–water partition coefficient (Wildman–Crippen LogP) is 5.25. The number of hydrogen-bond acceptors (Lipinski definition) is 6. The number of aromatic amines is 1. The van der Waals surface area contributed by atoms with Crippen LogP contribution in [0.3, 0.4) is 0 Å². The summed E-state index contributed by atoms with van der Waals surface area (Å²) in [4.78, 5) is 23.4. The fraction of sp³-hybridized carbons (Fsp3) is 0.300. The number of benzene rings is 2. The molecule has 2 aromatic carbocycles. The lowest BCUT2D eigenvalue weighted by Gasteiger charge is -2.36. The Balaban J connectivity index is 0.00000172. The van der Waals surface area contributed by atoms with Crippen molar-refractivity contribution in [3.05, 3.63) is 83.4 Å². The largest absolute Gasteiger partial charge is 0.435 e. The third kappa shape index (κ3) is 6.54. The molecule has 202 valence electrons. The number of nitrogens with zero attached hydrogens (tertiary/aromatic N) is 4. The third-order valence-corrected chi connectivity index (χ3v) is 6.71. The van der Waals surface area contributed by atoms with Crippen LogP contribution >= 0.6 is 0 Å². The first-order valence-corrected chi connectivity index (χ1v) is 13.2. The molecule has 3 N–H and O–H groups in total. The molecule has 4 aromatic rings. The van der Waals surface area contributed by atoms with E-state index in [1.807, 2.05) is 44.3 Å². The van der Waals surface area contributed by atoms with Crippen molar-refractivity contribution in [3.8, 4) is 17.7 Å². The number of nitrogens with one attached hydrogen (secondary N) is 1. The van der Waals surface area contributed by atoms with E-state index in [1.54, 1.807) is 12.1 Å². The Morgan fingerprint density at radius 3 is 2.67 bits per heavy atom. The van der Waals surface area contributed by atoms with Crippen molar-refractivity contribution in [1.82, 2.24) is 14.9 Å². The van der Waals surface area contributed by atoms with Crippen molar-refractivity contribution >= 4 is 22.5 Å². The summed E-state index contributed by atoms with van der Waals surface area (Å²) in [7, 11) is 0. The van der Waals surface area contributed by atoms with Crippen molar-refractivity contribution in [3.63, 3.8) is 0 Å².